The van der Waals surface area contributed by atoms with Gasteiger partial charge in [0.15, 0.2) is 6.61 Å². The predicted molar refractivity (Wildman–Crippen MR) is 140 cm³/mol. The van der Waals surface area contributed by atoms with Crippen molar-refractivity contribution in [1.29, 1.82) is 0 Å². The van der Waals surface area contributed by atoms with E-state index in [2.05, 4.69) is 52.9 Å². The van der Waals surface area contributed by atoms with E-state index in [4.69, 9.17) is 4.74 Å². The van der Waals surface area contributed by atoms with E-state index < -0.39 is 11.8 Å². The summed E-state index contributed by atoms with van der Waals surface area (Å²) in [6.07, 6.45) is 0. The Bertz CT molecular complexity index is 1230. The molecule has 0 atom stereocenters. The number of rotatable bonds is 6. The normalized spacial score (nSPS) is 10.9. The molecule has 0 spiro atoms. The molecular weight excluding hydrogens is 510 g/mol. The Labute approximate surface area is 213 Å². The number of benzene rings is 3. The van der Waals surface area contributed by atoms with Crippen LogP contribution in [0, 0.1) is 6.92 Å². The largest absolute Gasteiger partial charge is 0.483 e. The van der Waals surface area contributed by atoms with Crippen LogP contribution in [0.4, 0.5) is 5.69 Å². The quantitative estimate of drug-likeness (QED) is 0.379. The molecule has 0 aromatic heterocycles. The monoisotopic (exact) mass is 537 g/mol. The zero-order valence-corrected chi connectivity index (χ0v) is 21.7. The SMILES string of the molecule is Cc1cccc(C(=O)Nc2ccc(C(=O)NNC(=O)COc3ccc(Br)cc3C(C)(C)C)cc2)c1. The number of amides is 3. The van der Waals surface area contributed by atoms with Crippen molar-refractivity contribution >= 4 is 39.3 Å². The molecule has 3 rings (SSSR count). The van der Waals surface area contributed by atoms with E-state index in [1.54, 1.807) is 42.5 Å². The first-order chi connectivity index (χ1) is 16.5. The highest BCUT2D eigenvalue weighted by Gasteiger charge is 2.20. The molecule has 3 amide bonds. The first-order valence-corrected chi connectivity index (χ1v) is 11.8. The molecule has 35 heavy (non-hydrogen) atoms. The highest BCUT2D eigenvalue weighted by molar-refractivity contribution is 9.10. The highest BCUT2D eigenvalue weighted by atomic mass is 79.9. The van der Waals surface area contributed by atoms with E-state index in [0.29, 0.717) is 22.6 Å². The fraction of sp³-hybridized carbons (Fsp3) is 0.222. The molecule has 182 valence electrons. The van der Waals surface area contributed by atoms with Crippen molar-refractivity contribution in [2.24, 2.45) is 0 Å². The van der Waals surface area contributed by atoms with Crippen molar-refractivity contribution in [1.82, 2.24) is 10.9 Å². The van der Waals surface area contributed by atoms with Gasteiger partial charge in [0.05, 0.1) is 0 Å². The molecule has 0 aliphatic carbocycles. The number of hydrogen-bond donors (Lipinski definition) is 3. The van der Waals surface area contributed by atoms with Gasteiger partial charge in [-0.2, -0.15) is 0 Å². The van der Waals surface area contributed by atoms with Gasteiger partial charge in [0.25, 0.3) is 17.7 Å². The van der Waals surface area contributed by atoms with Crippen LogP contribution in [-0.2, 0) is 10.2 Å². The van der Waals surface area contributed by atoms with Crippen LogP contribution in [0.15, 0.2) is 71.2 Å². The van der Waals surface area contributed by atoms with Crippen LogP contribution in [-0.4, -0.2) is 24.3 Å². The van der Waals surface area contributed by atoms with Crippen molar-refractivity contribution < 1.29 is 19.1 Å². The third-order valence-corrected chi connectivity index (χ3v) is 5.60. The van der Waals surface area contributed by atoms with Gasteiger partial charge in [-0.1, -0.05) is 54.4 Å². The van der Waals surface area contributed by atoms with Crippen LogP contribution in [0.2, 0.25) is 0 Å². The lowest BCUT2D eigenvalue weighted by molar-refractivity contribution is -0.123. The molecule has 0 aliphatic heterocycles. The highest BCUT2D eigenvalue weighted by Crippen LogP contribution is 2.33. The number of carbonyl (C=O) groups excluding carboxylic acids is 3. The number of carbonyl (C=O) groups is 3. The van der Waals surface area contributed by atoms with Crippen molar-refractivity contribution in [2.45, 2.75) is 33.1 Å². The molecule has 0 bridgehead atoms. The van der Waals surface area contributed by atoms with Gasteiger partial charge in [-0.05, 0) is 66.9 Å². The summed E-state index contributed by atoms with van der Waals surface area (Å²) in [4.78, 5) is 37.0. The van der Waals surface area contributed by atoms with E-state index in [0.717, 1.165) is 15.6 Å². The molecule has 0 saturated carbocycles. The van der Waals surface area contributed by atoms with Crippen molar-refractivity contribution in [2.75, 3.05) is 11.9 Å². The lowest BCUT2D eigenvalue weighted by Gasteiger charge is -2.23. The Morgan fingerprint density at radius 2 is 1.57 bits per heavy atom. The van der Waals surface area contributed by atoms with Gasteiger partial charge in [0.1, 0.15) is 5.75 Å². The van der Waals surface area contributed by atoms with Gasteiger partial charge < -0.3 is 10.1 Å². The minimum absolute atomic E-state index is 0.171. The smallest absolute Gasteiger partial charge is 0.276 e. The summed E-state index contributed by atoms with van der Waals surface area (Å²) in [7, 11) is 0. The van der Waals surface area contributed by atoms with Gasteiger partial charge in [-0.15, -0.1) is 0 Å². The average Bonchev–Trinajstić information content (AvgIpc) is 2.81. The molecule has 3 N–H and O–H groups in total. The molecule has 0 fully saturated rings. The Morgan fingerprint density at radius 1 is 0.857 bits per heavy atom. The Balaban J connectivity index is 1.51. The second-order valence-corrected chi connectivity index (χ2v) is 10.00. The maximum atomic E-state index is 12.4. The van der Waals surface area contributed by atoms with Gasteiger partial charge in [0.2, 0.25) is 0 Å². The molecule has 8 heteroatoms. The molecule has 0 saturated heterocycles. The van der Waals surface area contributed by atoms with E-state index in [1.807, 2.05) is 31.2 Å². The van der Waals surface area contributed by atoms with Crippen molar-refractivity contribution in [3.8, 4) is 5.75 Å². The first-order valence-electron chi connectivity index (χ1n) is 11.0. The van der Waals surface area contributed by atoms with Crippen molar-refractivity contribution in [3.05, 3.63) is 93.5 Å². The standard InChI is InChI=1S/C27H28BrN3O4/c1-17-6-5-7-19(14-17)25(33)29-21-11-8-18(9-12-21)26(34)31-30-24(32)16-35-23-13-10-20(28)15-22(23)27(2,3)4/h5-15H,16H2,1-4H3,(H,29,33)(H,30,32)(H,31,34). The van der Waals surface area contributed by atoms with Crippen molar-refractivity contribution in [3.63, 3.8) is 0 Å². The van der Waals surface area contributed by atoms with Crippen LogP contribution >= 0.6 is 15.9 Å². The molecular formula is C27H28BrN3O4. The Hall–Kier alpha value is -3.65. The summed E-state index contributed by atoms with van der Waals surface area (Å²) in [5.41, 5.74) is 7.92. The van der Waals surface area contributed by atoms with E-state index in [9.17, 15) is 14.4 Å². The Kier molecular flexibility index (Phi) is 8.30. The number of halogens is 1. The summed E-state index contributed by atoms with van der Waals surface area (Å²) in [5, 5.41) is 2.79. The van der Waals surface area contributed by atoms with Gasteiger partial charge in [-0.25, -0.2) is 0 Å². The Morgan fingerprint density at radius 3 is 2.23 bits per heavy atom. The number of anilines is 1. The average molecular weight is 538 g/mol. The van der Waals surface area contributed by atoms with E-state index in [1.165, 1.54) is 0 Å². The topological polar surface area (TPSA) is 96.5 Å². The van der Waals surface area contributed by atoms with Crippen LogP contribution in [0.3, 0.4) is 0 Å². The maximum absolute atomic E-state index is 12.4. The first kappa shape index (κ1) is 26.0. The molecule has 7 nitrogen and oxygen atoms in total. The summed E-state index contributed by atoms with van der Waals surface area (Å²) in [5.74, 6) is -0.624. The van der Waals surface area contributed by atoms with E-state index in [-0.39, 0.29) is 17.9 Å². The number of hydrogen-bond acceptors (Lipinski definition) is 4. The zero-order valence-electron chi connectivity index (χ0n) is 20.1. The minimum atomic E-state index is -0.497. The molecule has 0 heterocycles. The predicted octanol–water partition coefficient (Wildman–Crippen LogP) is 5.15. The van der Waals surface area contributed by atoms with E-state index >= 15 is 0 Å². The number of aryl methyl sites for hydroxylation is 1. The summed E-state index contributed by atoms with van der Waals surface area (Å²) >= 11 is 3.46. The summed E-state index contributed by atoms with van der Waals surface area (Å²) < 4.78 is 6.61. The third-order valence-electron chi connectivity index (χ3n) is 5.11. The molecule has 3 aromatic rings. The minimum Gasteiger partial charge on any atom is -0.483 e. The molecule has 3 aromatic carbocycles. The van der Waals surface area contributed by atoms with Gasteiger partial charge in [-0.3, -0.25) is 25.2 Å². The number of ether oxygens (including phenoxy) is 1. The molecule has 0 unspecified atom stereocenters. The summed E-state index contributed by atoms with van der Waals surface area (Å²) in [6, 6.07) is 19.2. The van der Waals surface area contributed by atoms with Crippen LogP contribution < -0.4 is 20.9 Å². The molecule has 0 aliphatic rings. The zero-order chi connectivity index (χ0) is 25.6. The second kappa shape index (κ2) is 11.2. The van der Waals surface area contributed by atoms with Gasteiger partial charge >= 0.3 is 0 Å². The van der Waals surface area contributed by atoms with Gasteiger partial charge in [0, 0.05) is 26.9 Å². The lowest BCUT2D eigenvalue weighted by Crippen LogP contribution is -2.43. The fourth-order valence-corrected chi connectivity index (χ4v) is 3.65. The molecule has 0 radical (unpaired) electrons. The number of nitrogens with one attached hydrogen (secondary N) is 3. The van der Waals surface area contributed by atoms with Crippen LogP contribution in [0.5, 0.6) is 5.75 Å². The summed E-state index contributed by atoms with van der Waals surface area (Å²) in [6.45, 7) is 7.83. The second-order valence-electron chi connectivity index (χ2n) is 9.08. The van der Waals surface area contributed by atoms with Crippen LogP contribution in [0.1, 0.15) is 52.6 Å². The van der Waals surface area contributed by atoms with Crippen LogP contribution in [0.25, 0.3) is 0 Å². The third kappa shape index (κ3) is 7.42. The maximum Gasteiger partial charge on any atom is 0.276 e. The lowest BCUT2D eigenvalue weighted by atomic mass is 9.86. The number of hydrazine groups is 1. The fourth-order valence-electron chi connectivity index (χ4n) is 3.29.